The first-order chi connectivity index (χ1) is 10.5. The quantitative estimate of drug-likeness (QED) is 0.866. The van der Waals surface area contributed by atoms with Crippen LogP contribution in [0.2, 0.25) is 5.02 Å². The lowest BCUT2D eigenvalue weighted by molar-refractivity contribution is -0.122. The Labute approximate surface area is 138 Å². The van der Waals surface area contributed by atoms with Crippen molar-refractivity contribution in [3.8, 4) is 0 Å². The fourth-order valence-electron chi connectivity index (χ4n) is 1.88. The van der Waals surface area contributed by atoms with Gasteiger partial charge in [0.2, 0.25) is 11.8 Å². The van der Waals surface area contributed by atoms with Crippen molar-refractivity contribution < 1.29 is 9.59 Å². The van der Waals surface area contributed by atoms with Gasteiger partial charge in [0.05, 0.1) is 0 Å². The van der Waals surface area contributed by atoms with E-state index in [1.165, 1.54) is 11.8 Å². The summed E-state index contributed by atoms with van der Waals surface area (Å²) in [6.45, 7) is 4.58. The number of nitrogens with zero attached hydrogens (tertiary/aromatic N) is 1. The maximum atomic E-state index is 12.0. The molecule has 0 aromatic heterocycles. The summed E-state index contributed by atoms with van der Waals surface area (Å²) in [7, 11) is 0. The van der Waals surface area contributed by atoms with E-state index in [-0.39, 0.29) is 18.2 Å². The maximum absolute atomic E-state index is 12.0. The molecule has 1 fully saturated rings. The van der Waals surface area contributed by atoms with Crippen LogP contribution in [0.3, 0.4) is 0 Å². The Bertz CT molecular complexity index is 619. The molecule has 1 heterocycles. The zero-order valence-electron chi connectivity index (χ0n) is 12.5. The molecule has 0 spiro atoms. The van der Waals surface area contributed by atoms with Crippen molar-refractivity contribution in [3.05, 3.63) is 28.8 Å². The Kier molecular flexibility index (Phi) is 5.85. The summed E-state index contributed by atoms with van der Waals surface area (Å²) < 4.78 is 0. The van der Waals surface area contributed by atoms with Gasteiger partial charge >= 0.3 is 0 Å². The molecular formula is C15H18ClN3O2S. The number of carbonyl (C=O) groups is 2. The van der Waals surface area contributed by atoms with E-state index in [0.29, 0.717) is 22.4 Å². The summed E-state index contributed by atoms with van der Waals surface area (Å²) in [6, 6.07) is 5.32. The molecule has 1 aliphatic rings. The van der Waals surface area contributed by atoms with Crippen molar-refractivity contribution in [2.45, 2.75) is 31.9 Å². The molecule has 2 N–H and O–H groups in total. The SMILES string of the molecule is CCCN=C1NC(=O)[C@@H](CC(=O)Nc2ccc(C)c(Cl)c2)S1. The molecule has 22 heavy (non-hydrogen) atoms. The van der Waals surface area contributed by atoms with Gasteiger partial charge in [0.25, 0.3) is 0 Å². The third kappa shape index (κ3) is 4.48. The molecule has 5 nitrogen and oxygen atoms in total. The van der Waals surface area contributed by atoms with Crippen LogP contribution >= 0.6 is 23.4 Å². The van der Waals surface area contributed by atoms with Crippen molar-refractivity contribution in [1.29, 1.82) is 0 Å². The van der Waals surface area contributed by atoms with Crippen LogP contribution in [-0.4, -0.2) is 28.8 Å². The van der Waals surface area contributed by atoms with E-state index in [9.17, 15) is 9.59 Å². The molecule has 1 atom stereocenters. The summed E-state index contributed by atoms with van der Waals surface area (Å²) in [6.07, 6.45) is 1.02. The standard InChI is InChI=1S/C15H18ClN3O2S/c1-3-6-17-15-19-14(21)12(22-15)8-13(20)18-10-5-4-9(2)11(16)7-10/h4-5,7,12H,3,6,8H2,1-2H3,(H,18,20)(H,17,19,21)/t12-/m1/s1. The third-order valence-corrected chi connectivity index (χ3v) is 4.61. The number of anilines is 1. The molecule has 0 bridgehead atoms. The zero-order chi connectivity index (χ0) is 16.1. The predicted octanol–water partition coefficient (Wildman–Crippen LogP) is 2.97. The molecule has 0 radical (unpaired) electrons. The summed E-state index contributed by atoms with van der Waals surface area (Å²) in [4.78, 5) is 28.1. The number of benzene rings is 1. The van der Waals surface area contributed by atoms with Gasteiger partial charge in [-0.2, -0.15) is 0 Å². The number of carbonyl (C=O) groups excluding carboxylic acids is 2. The van der Waals surface area contributed by atoms with Gasteiger partial charge < -0.3 is 10.6 Å². The van der Waals surface area contributed by atoms with E-state index in [4.69, 9.17) is 11.6 Å². The number of thioether (sulfide) groups is 1. The van der Waals surface area contributed by atoms with E-state index < -0.39 is 5.25 Å². The first kappa shape index (κ1) is 16.8. The topological polar surface area (TPSA) is 70.6 Å². The Hall–Kier alpha value is -1.53. The van der Waals surface area contributed by atoms with Crippen LogP contribution < -0.4 is 10.6 Å². The summed E-state index contributed by atoms with van der Waals surface area (Å²) in [5.41, 5.74) is 1.58. The molecule has 7 heteroatoms. The van der Waals surface area contributed by atoms with Crippen molar-refractivity contribution >= 4 is 46.0 Å². The number of amidine groups is 1. The van der Waals surface area contributed by atoms with Crippen LogP contribution in [0.5, 0.6) is 0 Å². The minimum atomic E-state index is -0.434. The maximum Gasteiger partial charge on any atom is 0.240 e. The van der Waals surface area contributed by atoms with Crippen molar-refractivity contribution in [1.82, 2.24) is 5.32 Å². The highest BCUT2D eigenvalue weighted by Crippen LogP contribution is 2.24. The number of nitrogens with one attached hydrogen (secondary N) is 2. The first-order valence-corrected chi connectivity index (χ1v) is 8.33. The molecule has 1 aromatic rings. The van der Waals surface area contributed by atoms with Crippen LogP contribution in [-0.2, 0) is 9.59 Å². The molecule has 2 amide bonds. The smallest absolute Gasteiger partial charge is 0.240 e. The lowest BCUT2D eigenvalue weighted by Gasteiger charge is -2.08. The van der Waals surface area contributed by atoms with Crippen LogP contribution in [0, 0.1) is 6.92 Å². The van der Waals surface area contributed by atoms with E-state index in [0.717, 1.165) is 12.0 Å². The zero-order valence-corrected chi connectivity index (χ0v) is 14.1. The second-order valence-electron chi connectivity index (χ2n) is 5.00. The number of hydrogen-bond donors (Lipinski definition) is 2. The molecule has 0 unspecified atom stereocenters. The molecule has 2 rings (SSSR count). The lowest BCUT2D eigenvalue weighted by atomic mass is 10.2. The molecule has 1 saturated heterocycles. The van der Waals surface area contributed by atoms with E-state index in [2.05, 4.69) is 15.6 Å². The van der Waals surface area contributed by atoms with Gasteiger partial charge in [0.15, 0.2) is 5.17 Å². The van der Waals surface area contributed by atoms with Gasteiger partial charge in [0, 0.05) is 23.7 Å². The number of aryl methyl sites for hydroxylation is 1. The highest BCUT2D eigenvalue weighted by Gasteiger charge is 2.31. The highest BCUT2D eigenvalue weighted by atomic mass is 35.5. The molecule has 118 valence electrons. The van der Waals surface area contributed by atoms with Crippen LogP contribution in [0.25, 0.3) is 0 Å². The second-order valence-corrected chi connectivity index (χ2v) is 6.60. The number of hydrogen-bond acceptors (Lipinski definition) is 4. The van der Waals surface area contributed by atoms with E-state index in [1.807, 2.05) is 19.9 Å². The third-order valence-electron chi connectivity index (χ3n) is 3.08. The first-order valence-electron chi connectivity index (χ1n) is 7.07. The van der Waals surface area contributed by atoms with Crippen LogP contribution in [0.15, 0.2) is 23.2 Å². The van der Waals surface area contributed by atoms with Gasteiger partial charge in [-0.05, 0) is 31.0 Å². The van der Waals surface area contributed by atoms with Gasteiger partial charge in [-0.1, -0.05) is 36.4 Å². The Morgan fingerprint density at radius 2 is 2.27 bits per heavy atom. The number of halogens is 1. The van der Waals surface area contributed by atoms with E-state index in [1.54, 1.807) is 12.1 Å². The Morgan fingerprint density at radius 1 is 1.50 bits per heavy atom. The second kappa shape index (κ2) is 7.65. The summed E-state index contributed by atoms with van der Waals surface area (Å²) >= 11 is 7.33. The number of aliphatic imine (C=N–C) groups is 1. The summed E-state index contributed by atoms with van der Waals surface area (Å²) in [5, 5.41) is 6.22. The van der Waals surface area contributed by atoms with Gasteiger partial charge in [-0.3, -0.25) is 14.6 Å². The average molecular weight is 340 g/mol. The molecule has 0 saturated carbocycles. The van der Waals surface area contributed by atoms with Crippen molar-refractivity contribution in [2.24, 2.45) is 4.99 Å². The van der Waals surface area contributed by atoms with Gasteiger partial charge in [-0.15, -0.1) is 0 Å². The minimum absolute atomic E-state index is 0.104. The van der Waals surface area contributed by atoms with E-state index >= 15 is 0 Å². The minimum Gasteiger partial charge on any atom is -0.326 e. The van der Waals surface area contributed by atoms with Gasteiger partial charge in [0.1, 0.15) is 5.25 Å². The monoisotopic (exact) mass is 339 g/mol. The molecule has 1 aliphatic heterocycles. The van der Waals surface area contributed by atoms with Crippen LogP contribution in [0.4, 0.5) is 5.69 Å². The van der Waals surface area contributed by atoms with Crippen molar-refractivity contribution in [3.63, 3.8) is 0 Å². The lowest BCUT2D eigenvalue weighted by Crippen LogP contribution is -2.28. The van der Waals surface area contributed by atoms with Crippen LogP contribution in [0.1, 0.15) is 25.3 Å². The summed E-state index contributed by atoms with van der Waals surface area (Å²) in [5.74, 6) is -0.388. The van der Waals surface area contributed by atoms with Gasteiger partial charge in [-0.25, -0.2) is 0 Å². The Balaban J connectivity index is 1.92. The predicted molar refractivity (Wildman–Crippen MR) is 91.6 cm³/mol. The number of amides is 2. The molecular weight excluding hydrogens is 322 g/mol. The number of rotatable bonds is 5. The fraction of sp³-hybridized carbons (Fsp3) is 0.400. The normalized spacial score (nSPS) is 19.3. The molecule has 0 aliphatic carbocycles. The largest absolute Gasteiger partial charge is 0.326 e. The Morgan fingerprint density at radius 3 is 2.95 bits per heavy atom. The van der Waals surface area contributed by atoms with Crippen molar-refractivity contribution in [2.75, 3.05) is 11.9 Å². The fourth-order valence-corrected chi connectivity index (χ4v) is 3.06. The average Bonchev–Trinajstić information content (AvgIpc) is 2.81. The molecule has 1 aromatic carbocycles. The highest BCUT2D eigenvalue weighted by molar-refractivity contribution is 8.15.